The van der Waals surface area contributed by atoms with E-state index in [4.69, 9.17) is 16.3 Å². The number of esters is 1. The van der Waals surface area contributed by atoms with Gasteiger partial charge >= 0.3 is 5.97 Å². The Bertz CT molecular complexity index is 1020. The lowest BCUT2D eigenvalue weighted by molar-refractivity contribution is 0.0527. The molecular formula is C16H13ClFNO3S. The third kappa shape index (κ3) is 2.33. The van der Waals surface area contributed by atoms with Crippen LogP contribution in [-0.4, -0.2) is 17.0 Å². The first-order chi connectivity index (χ1) is 10.9. The summed E-state index contributed by atoms with van der Waals surface area (Å²) in [5, 5.41) is 0.0335. The monoisotopic (exact) mass is 353 g/mol. The maximum Gasteiger partial charge on any atom is 0.345 e. The molecule has 2 aromatic heterocycles. The summed E-state index contributed by atoms with van der Waals surface area (Å²) in [5.41, 5.74) is 0.729. The smallest absolute Gasteiger partial charge is 0.345 e. The van der Waals surface area contributed by atoms with Gasteiger partial charge in [0.05, 0.1) is 22.5 Å². The molecule has 0 radical (unpaired) electrons. The summed E-state index contributed by atoms with van der Waals surface area (Å²) in [5.74, 6) is -1.40. The van der Waals surface area contributed by atoms with Crippen molar-refractivity contribution in [1.82, 2.24) is 4.40 Å². The quantitative estimate of drug-likeness (QED) is 0.652. The van der Waals surface area contributed by atoms with Gasteiger partial charge in [-0.25, -0.2) is 9.18 Å². The van der Waals surface area contributed by atoms with Gasteiger partial charge in [0, 0.05) is 10.6 Å². The molecular weight excluding hydrogens is 341 g/mol. The Morgan fingerprint density at radius 2 is 2.09 bits per heavy atom. The molecule has 120 valence electrons. The molecule has 0 saturated carbocycles. The van der Waals surface area contributed by atoms with E-state index in [-0.39, 0.29) is 22.6 Å². The standard InChI is InChI=1S/C16H13ClFNO3S/c1-4-22-16(21)13-14(20)9-5-11(18)10(17)6-12(9)19-7(2)8(3)23-15(13)19/h5-6H,4H2,1-3H3. The number of ether oxygens (including phenoxy) is 1. The van der Waals surface area contributed by atoms with E-state index in [0.717, 1.165) is 16.6 Å². The molecule has 0 atom stereocenters. The van der Waals surface area contributed by atoms with E-state index < -0.39 is 17.2 Å². The third-order valence-corrected chi connectivity index (χ3v) is 5.21. The van der Waals surface area contributed by atoms with Gasteiger partial charge in [0.1, 0.15) is 16.2 Å². The van der Waals surface area contributed by atoms with Crippen molar-refractivity contribution < 1.29 is 13.9 Å². The number of aryl methyl sites for hydroxylation is 2. The van der Waals surface area contributed by atoms with Gasteiger partial charge in [-0.2, -0.15) is 0 Å². The van der Waals surface area contributed by atoms with Crippen LogP contribution in [0.5, 0.6) is 0 Å². The number of pyridine rings is 1. The zero-order valence-electron chi connectivity index (χ0n) is 12.7. The Hall–Kier alpha value is -1.92. The number of halogens is 2. The predicted octanol–water partition coefficient (Wildman–Crippen LogP) is 4.10. The molecule has 0 aliphatic rings. The van der Waals surface area contributed by atoms with Gasteiger partial charge in [0.25, 0.3) is 0 Å². The van der Waals surface area contributed by atoms with E-state index >= 15 is 0 Å². The number of rotatable bonds is 2. The SMILES string of the molecule is CCOC(=O)c1c(=O)c2cc(F)c(Cl)cc2n2c(C)c(C)sc12. The number of aromatic nitrogens is 1. The van der Waals surface area contributed by atoms with Gasteiger partial charge in [0.15, 0.2) is 0 Å². The number of benzene rings is 1. The molecule has 3 rings (SSSR count). The first-order valence-electron chi connectivity index (χ1n) is 6.97. The summed E-state index contributed by atoms with van der Waals surface area (Å²) >= 11 is 7.20. The molecule has 7 heteroatoms. The summed E-state index contributed by atoms with van der Waals surface area (Å²) < 4.78 is 20.6. The Labute approximate surface area is 140 Å². The fourth-order valence-electron chi connectivity index (χ4n) is 2.55. The van der Waals surface area contributed by atoms with Crippen molar-refractivity contribution in [2.75, 3.05) is 6.61 Å². The zero-order chi connectivity index (χ0) is 16.9. The van der Waals surface area contributed by atoms with Crippen LogP contribution in [0.1, 0.15) is 27.9 Å². The zero-order valence-corrected chi connectivity index (χ0v) is 14.3. The van der Waals surface area contributed by atoms with Gasteiger partial charge in [-0.3, -0.25) is 4.79 Å². The molecule has 2 heterocycles. The molecule has 0 aliphatic carbocycles. The average molecular weight is 354 g/mol. The van der Waals surface area contributed by atoms with Crippen molar-refractivity contribution in [3.05, 3.63) is 49.3 Å². The molecule has 0 unspecified atom stereocenters. The maximum absolute atomic E-state index is 13.8. The van der Waals surface area contributed by atoms with Crippen molar-refractivity contribution in [3.63, 3.8) is 0 Å². The normalized spacial score (nSPS) is 11.3. The summed E-state index contributed by atoms with van der Waals surface area (Å²) in [6.07, 6.45) is 0. The van der Waals surface area contributed by atoms with Gasteiger partial charge in [-0.1, -0.05) is 11.6 Å². The van der Waals surface area contributed by atoms with E-state index in [1.165, 1.54) is 17.4 Å². The minimum atomic E-state index is -0.700. The molecule has 0 fully saturated rings. The number of carbonyl (C=O) groups excluding carboxylic acids is 1. The highest BCUT2D eigenvalue weighted by Gasteiger charge is 2.23. The minimum absolute atomic E-state index is 0.0673. The Kier molecular flexibility index (Phi) is 3.90. The highest BCUT2D eigenvalue weighted by molar-refractivity contribution is 7.18. The number of fused-ring (bicyclic) bond motifs is 3. The highest BCUT2D eigenvalue weighted by atomic mass is 35.5. The van der Waals surface area contributed by atoms with Crippen LogP contribution in [-0.2, 0) is 4.74 Å². The summed E-state index contributed by atoms with van der Waals surface area (Å²) in [7, 11) is 0. The summed E-state index contributed by atoms with van der Waals surface area (Å²) in [6.45, 7) is 5.58. The van der Waals surface area contributed by atoms with Crippen molar-refractivity contribution in [1.29, 1.82) is 0 Å². The third-order valence-electron chi connectivity index (χ3n) is 3.74. The van der Waals surface area contributed by atoms with Crippen LogP contribution in [0.4, 0.5) is 4.39 Å². The second-order valence-corrected chi connectivity index (χ2v) is 6.70. The number of hydrogen-bond acceptors (Lipinski definition) is 4. The van der Waals surface area contributed by atoms with Gasteiger partial charge in [-0.15, -0.1) is 11.3 Å². The minimum Gasteiger partial charge on any atom is -0.462 e. The van der Waals surface area contributed by atoms with E-state index in [1.54, 1.807) is 11.3 Å². The Morgan fingerprint density at radius 1 is 1.39 bits per heavy atom. The van der Waals surface area contributed by atoms with Crippen LogP contribution in [0.3, 0.4) is 0 Å². The van der Waals surface area contributed by atoms with Crippen molar-refractivity contribution >= 4 is 44.6 Å². The molecule has 0 spiro atoms. The number of carbonyl (C=O) groups is 1. The number of nitrogens with zero attached hydrogens (tertiary/aromatic N) is 1. The molecule has 3 aromatic rings. The molecule has 0 amide bonds. The second-order valence-electron chi connectivity index (χ2n) is 5.09. The van der Waals surface area contributed by atoms with Gasteiger partial charge < -0.3 is 9.14 Å². The van der Waals surface area contributed by atoms with Gasteiger partial charge in [-0.05, 0) is 32.9 Å². The van der Waals surface area contributed by atoms with Crippen LogP contribution in [0, 0.1) is 19.7 Å². The summed E-state index contributed by atoms with van der Waals surface area (Å²) in [4.78, 5) is 26.4. The lowest BCUT2D eigenvalue weighted by Crippen LogP contribution is -2.20. The van der Waals surface area contributed by atoms with E-state index in [1.807, 2.05) is 13.8 Å². The van der Waals surface area contributed by atoms with E-state index in [0.29, 0.717) is 10.3 Å². The van der Waals surface area contributed by atoms with Gasteiger partial charge in [0.2, 0.25) is 5.43 Å². The molecule has 0 saturated heterocycles. The molecule has 0 bridgehead atoms. The van der Waals surface area contributed by atoms with E-state index in [2.05, 4.69) is 0 Å². The van der Waals surface area contributed by atoms with Crippen molar-refractivity contribution in [2.45, 2.75) is 20.8 Å². The second kappa shape index (κ2) is 5.62. The maximum atomic E-state index is 13.8. The first-order valence-corrected chi connectivity index (χ1v) is 8.16. The highest BCUT2D eigenvalue weighted by Crippen LogP contribution is 2.30. The van der Waals surface area contributed by atoms with Crippen LogP contribution in [0.15, 0.2) is 16.9 Å². The molecule has 0 aliphatic heterocycles. The lowest BCUT2D eigenvalue weighted by atomic mass is 10.1. The fraction of sp³-hybridized carbons (Fsp3) is 0.250. The molecule has 4 nitrogen and oxygen atoms in total. The van der Waals surface area contributed by atoms with Crippen LogP contribution in [0.25, 0.3) is 15.7 Å². The molecule has 1 aromatic carbocycles. The van der Waals surface area contributed by atoms with E-state index in [9.17, 15) is 14.0 Å². The number of thiazole rings is 1. The van der Waals surface area contributed by atoms with Crippen LogP contribution in [0.2, 0.25) is 5.02 Å². The first kappa shape index (κ1) is 16.0. The van der Waals surface area contributed by atoms with Crippen molar-refractivity contribution in [2.24, 2.45) is 0 Å². The number of hydrogen-bond donors (Lipinski definition) is 0. The van der Waals surface area contributed by atoms with Crippen molar-refractivity contribution in [3.8, 4) is 0 Å². The van der Waals surface area contributed by atoms with Crippen LogP contribution >= 0.6 is 22.9 Å². The average Bonchev–Trinajstić information content (AvgIpc) is 2.77. The Balaban J connectivity index is 2.59. The summed E-state index contributed by atoms with van der Waals surface area (Å²) in [6, 6.07) is 2.48. The molecule has 0 N–H and O–H groups in total. The topological polar surface area (TPSA) is 47.8 Å². The molecule has 23 heavy (non-hydrogen) atoms. The predicted molar refractivity (Wildman–Crippen MR) is 89.4 cm³/mol. The van der Waals surface area contributed by atoms with Crippen LogP contribution < -0.4 is 5.43 Å². The fourth-order valence-corrected chi connectivity index (χ4v) is 3.84. The Morgan fingerprint density at radius 3 is 2.74 bits per heavy atom. The lowest BCUT2D eigenvalue weighted by Gasteiger charge is -2.09. The largest absolute Gasteiger partial charge is 0.462 e.